The van der Waals surface area contributed by atoms with Crippen molar-refractivity contribution in [2.24, 2.45) is 10.7 Å². The van der Waals surface area contributed by atoms with Crippen LogP contribution >= 0.6 is 15.9 Å². The molecule has 0 fully saturated rings. The number of nitrogens with one attached hydrogen (secondary N) is 1. The molecule has 2 rings (SSSR count). The summed E-state index contributed by atoms with van der Waals surface area (Å²) in [6.45, 7) is 0. The Morgan fingerprint density at radius 2 is 2.29 bits per heavy atom. The van der Waals surface area contributed by atoms with Gasteiger partial charge in [0.1, 0.15) is 11.9 Å². The highest BCUT2D eigenvalue weighted by Crippen LogP contribution is 2.19. The molecule has 2 heterocycles. The Morgan fingerprint density at radius 1 is 1.50 bits per heavy atom. The normalized spacial score (nSPS) is 20.5. The van der Waals surface area contributed by atoms with Gasteiger partial charge in [-0.15, -0.1) is 0 Å². The average molecular weight is 255 g/mol. The standard InChI is InChI=1S/C8H7BrN4O/c9-5-1-4(2-11-3-5)6-7(10)13-8(14)12-6/h1-3,6H,(H3,10,12,13,14). The summed E-state index contributed by atoms with van der Waals surface area (Å²) >= 11 is 3.29. The Labute approximate surface area is 88.6 Å². The number of nitrogens with two attached hydrogens (primary N) is 1. The molecule has 0 saturated carbocycles. The van der Waals surface area contributed by atoms with Gasteiger partial charge in [0, 0.05) is 22.4 Å². The Balaban J connectivity index is 2.33. The number of carbonyl (C=O) groups is 1. The van der Waals surface area contributed by atoms with Gasteiger partial charge in [-0.1, -0.05) is 0 Å². The van der Waals surface area contributed by atoms with Crippen molar-refractivity contribution in [2.75, 3.05) is 0 Å². The molecule has 6 heteroatoms. The predicted octanol–water partition coefficient (Wildman–Crippen LogP) is 0.966. The maximum Gasteiger partial charge on any atom is 0.343 e. The second kappa shape index (κ2) is 3.38. The third kappa shape index (κ3) is 1.60. The van der Waals surface area contributed by atoms with Crippen LogP contribution in [0.2, 0.25) is 0 Å². The Kier molecular flexibility index (Phi) is 2.20. The molecule has 1 atom stereocenters. The van der Waals surface area contributed by atoms with Crippen LogP contribution in [0, 0.1) is 0 Å². The molecule has 0 bridgehead atoms. The van der Waals surface area contributed by atoms with Crippen molar-refractivity contribution in [2.45, 2.75) is 6.04 Å². The zero-order valence-corrected chi connectivity index (χ0v) is 8.65. The summed E-state index contributed by atoms with van der Waals surface area (Å²) in [5.41, 5.74) is 6.39. The van der Waals surface area contributed by atoms with Gasteiger partial charge >= 0.3 is 6.03 Å². The van der Waals surface area contributed by atoms with E-state index < -0.39 is 6.03 Å². The van der Waals surface area contributed by atoms with Crippen LogP contribution in [0.25, 0.3) is 0 Å². The third-order valence-corrected chi connectivity index (χ3v) is 2.29. The molecule has 1 aliphatic rings. The van der Waals surface area contributed by atoms with E-state index in [1.165, 1.54) is 0 Å². The first-order chi connectivity index (χ1) is 6.66. The van der Waals surface area contributed by atoms with Crippen molar-refractivity contribution in [1.82, 2.24) is 10.3 Å². The van der Waals surface area contributed by atoms with Crippen molar-refractivity contribution >= 4 is 27.8 Å². The van der Waals surface area contributed by atoms with Crippen molar-refractivity contribution in [3.05, 3.63) is 28.5 Å². The molecule has 2 amide bonds. The summed E-state index contributed by atoms with van der Waals surface area (Å²) < 4.78 is 0.837. The SMILES string of the molecule is NC1=NC(=O)NC1c1cncc(Br)c1. The molecule has 0 saturated heterocycles. The number of amides is 2. The van der Waals surface area contributed by atoms with E-state index in [4.69, 9.17) is 5.73 Å². The molecule has 5 nitrogen and oxygen atoms in total. The van der Waals surface area contributed by atoms with Crippen molar-refractivity contribution in [1.29, 1.82) is 0 Å². The summed E-state index contributed by atoms with van der Waals surface area (Å²) in [5.74, 6) is 0.273. The van der Waals surface area contributed by atoms with Crippen LogP contribution < -0.4 is 11.1 Å². The van der Waals surface area contributed by atoms with Gasteiger partial charge in [-0.3, -0.25) is 4.98 Å². The highest BCUT2D eigenvalue weighted by Gasteiger charge is 2.25. The highest BCUT2D eigenvalue weighted by atomic mass is 79.9. The Hall–Kier alpha value is -1.43. The van der Waals surface area contributed by atoms with Crippen LogP contribution in [0.4, 0.5) is 4.79 Å². The van der Waals surface area contributed by atoms with Gasteiger partial charge in [-0.2, -0.15) is 4.99 Å². The second-order valence-corrected chi connectivity index (χ2v) is 3.77. The second-order valence-electron chi connectivity index (χ2n) is 2.86. The molecular formula is C8H7BrN4O. The number of rotatable bonds is 1. The van der Waals surface area contributed by atoms with E-state index in [9.17, 15) is 4.79 Å². The van der Waals surface area contributed by atoms with E-state index in [2.05, 4.69) is 31.2 Å². The summed E-state index contributed by atoms with van der Waals surface area (Å²) in [6.07, 6.45) is 3.30. The summed E-state index contributed by atoms with van der Waals surface area (Å²) in [7, 11) is 0. The minimum absolute atomic E-state index is 0.273. The number of aromatic nitrogens is 1. The Bertz CT molecular complexity index is 418. The minimum atomic E-state index is -0.410. The smallest absolute Gasteiger partial charge is 0.343 e. The number of amidine groups is 1. The van der Waals surface area contributed by atoms with Crippen LogP contribution in [0.15, 0.2) is 27.9 Å². The van der Waals surface area contributed by atoms with Gasteiger partial charge in [-0.05, 0) is 22.0 Å². The average Bonchev–Trinajstić information content (AvgIpc) is 2.45. The largest absolute Gasteiger partial charge is 0.385 e. The van der Waals surface area contributed by atoms with Gasteiger partial charge in [-0.25, -0.2) is 4.79 Å². The lowest BCUT2D eigenvalue weighted by molar-refractivity contribution is 0.250. The van der Waals surface area contributed by atoms with Gasteiger partial charge in [0.25, 0.3) is 0 Å². The molecule has 14 heavy (non-hydrogen) atoms. The lowest BCUT2D eigenvalue weighted by Crippen LogP contribution is -2.27. The molecule has 0 radical (unpaired) electrons. The zero-order valence-electron chi connectivity index (χ0n) is 7.07. The van der Waals surface area contributed by atoms with Crippen molar-refractivity contribution in [3.8, 4) is 0 Å². The van der Waals surface area contributed by atoms with Crippen LogP contribution in [0.1, 0.15) is 11.6 Å². The van der Waals surface area contributed by atoms with Crippen molar-refractivity contribution < 1.29 is 4.79 Å². The molecule has 1 aromatic heterocycles. The van der Waals surface area contributed by atoms with E-state index in [0.29, 0.717) is 0 Å². The molecule has 72 valence electrons. The number of pyridine rings is 1. The van der Waals surface area contributed by atoms with Crippen LogP contribution in [-0.2, 0) is 0 Å². The zero-order chi connectivity index (χ0) is 10.1. The number of nitrogens with zero attached hydrogens (tertiary/aromatic N) is 2. The number of hydrogen-bond acceptors (Lipinski definition) is 3. The first kappa shape index (κ1) is 9.14. The number of carbonyl (C=O) groups excluding carboxylic acids is 1. The molecule has 0 spiro atoms. The number of hydrogen-bond donors (Lipinski definition) is 2. The van der Waals surface area contributed by atoms with E-state index in [1.54, 1.807) is 12.4 Å². The van der Waals surface area contributed by atoms with E-state index >= 15 is 0 Å². The molecular weight excluding hydrogens is 248 g/mol. The monoisotopic (exact) mass is 254 g/mol. The summed E-state index contributed by atoms with van der Waals surface area (Å²) in [6, 6.07) is 1.08. The number of urea groups is 1. The Morgan fingerprint density at radius 3 is 2.86 bits per heavy atom. The van der Waals surface area contributed by atoms with Gasteiger partial charge < -0.3 is 11.1 Å². The highest BCUT2D eigenvalue weighted by molar-refractivity contribution is 9.10. The quantitative estimate of drug-likeness (QED) is 0.784. The van der Waals surface area contributed by atoms with Gasteiger partial charge in [0.05, 0.1) is 0 Å². The lowest BCUT2D eigenvalue weighted by atomic mass is 10.1. The van der Waals surface area contributed by atoms with E-state index in [1.807, 2.05) is 6.07 Å². The fourth-order valence-corrected chi connectivity index (χ4v) is 1.63. The molecule has 0 aromatic carbocycles. The molecule has 1 unspecified atom stereocenters. The van der Waals surface area contributed by atoms with Crippen LogP contribution in [0.3, 0.4) is 0 Å². The summed E-state index contributed by atoms with van der Waals surface area (Å²) in [4.78, 5) is 18.5. The maximum absolute atomic E-state index is 10.9. The number of aliphatic imine (C=N–C) groups is 1. The maximum atomic E-state index is 10.9. The topological polar surface area (TPSA) is 80.4 Å². The van der Waals surface area contributed by atoms with E-state index in [-0.39, 0.29) is 11.9 Å². The first-order valence-electron chi connectivity index (χ1n) is 3.92. The minimum Gasteiger partial charge on any atom is -0.385 e. The van der Waals surface area contributed by atoms with Gasteiger partial charge in [0.2, 0.25) is 0 Å². The fraction of sp³-hybridized carbons (Fsp3) is 0.125. The van der Waals surface area contributed by atoms with Crippen LogP contribution in [-0.4, -0.2) is 16.9 Å². The molecule has 1 aliphatic heterocycles. The predicted molar refractivity (Wildman–Crippen MR) is 54.8 cm³/mol. The van der Waals surface area contributed by atoms with Crippen LogP contribution in [0.5, 0.6) is 0 Å². The summed E-state index contributed by atoms with van der Waals surface area (Å²) in [5, 5.41) is 2.62. The van der Waals surface area contributed by atoms with E-state index in [0.717, 1.165) is 10.0 Å². The lowest BCUT2D eigenvalue weighted by Gasteiger charge is -2.09. The molecule has 3 N–H and O–H groups in total. The molecule has 1 aromatic rings. The number of halogens is 1. The van der Waals surface area contributed by atoms with Crippen molar-refractivity contribution in [3.63, 3.8) is 0 Å². The first-order valence-corrected chi connectivity index (χ1v) is 4.71. The van der Waals surface area contributed by atoms with Gasteiger partial charge in [0.15, 0.2) is 0 Å². The fourth-order valence-electron chi connectivity index (χ4n) is 1.25. The molecule has 0 aliphatic carbocycles. The third-order valence-electron chi connectivity index (χ3n) is 1.85.